The van der Waals surface area contributed by atoms with Gasteiger partial charge in [0.05, 0.1) is 29.6 Å². The van der Waals surface area contributed by atoms with Gasteiger partial charge in [0, 0.05) is 23.4 Å². The molecule has 5 aromatic rings. The molecule has 9 nitrogen and oxygen atoms in total. The predicted octanol–water partition coefficient (Wildman–Crippen LogP) is 4.80. The fourth-order valence-electron chi connectivity index (χ4n) is 4.89. The molecule has 0 aliphatic heterocycles. The smallest absolute Gasteiger partial charge is 0.253 e. The minimum Gasteiger partial charge on any atom is -0.493 e. The molecule has 1 aliphatic carbocycles. The first-order valence-electron chi connectivity index (χ1n) is 12.7. The summed E-state index contributed by atoms with van der Waals surface area (Å²) in [6.07, 6.45) is 2.83. The largest absolute Gasteiger partial charge is 0.493 e. The fraction of sp³-hybridized carbons (Fsp3) is 0.207. The maximum absolute atomic E-state index is 15.0. The van der Waals surface area contributed by atoms with E-state index in [2.05, 4.69) is 25.5 Å². The van der Waals surface area contributed by atoms with Crippen LogP contribution in [-0.2, 0) is 0 Å². The molecule has 1 amide bonds. The lowest BCUT2D eigenvalue weighted by Crippen LogP contribution is -2.44. The summed E-state index contributed by atoms with van der Waals surface area (Å²) < 4.78 is 22.2. The summed E-state index contributed by atoms with van der Waals surface area (Å²) in [5.74, 6) is 0.803. The van der Waals surface area contributed by atoms with Crippen LogP contribution in [0.15, 0.2) is 72.9 Å². The molecular weight excluding hydrogens is 499 g/mol. The lowest BCUT2D eigenvalue weighted by Gasteiger charge is -2.35. The Labute approximate surface area is 223 Å². The minimum atomic E-state index is -0.401. The van der Waals surface area contributed by atoms with E-state index in [0.717, 1.165) is 5.39 Å². The second-order valence-corrected chi connectivity index (χ2v) is 9.37. The highest BCUT2D eigenvalue weighted by Gasteiger charge is 2.37. The number of carbonyl (C=O) groups is 1. The molecule has 3 heterocycles. The van der Waals surface area contributed by atoms with Gasteiger partial charge in [-0.15, -0.1) is 10.2 Å². The molecule has 10 heteroatoms. The average molecular weight is 525 g/mol. The van der Waals surface area contributed by atoms with Crippen molar-refractivity contribution in [1.29, 1.82) is 0 Å². The molecule has 2 aromatic carbocycles. The second-order valence-electron chi connectivity index (χ2n) is 9.37. The number of hydrogen-bond donors (Lipinski definition) is 2. The molecule has 0 saturated heterocycles. The summed E-state index contributed by atoms with van der Waals surface area (Å²) in [6.45, 7) is 2.42. The van der Waals surface area contributed by atoms with E-state index in [1.54, 1.807) is 59.3 Å². The standard InChI is InChI=1S/C29H25FN6O3/c1-2-39-20-11-12-23(31-16-20)28-35-34-27(36(28)24-9-4-3-8-22(24)30)18-14-19(15-18)32-29(38)21-7-5-6-17-10-13-25(37)33-26(17)21/h3-13,16,18-19H,2,14-15H2,1H3,(H,32,38)(H,33,37)/t18-,19-. The number of hydrogen-bond acceptors (Lipinski definition) is 7. The maximum Gasteiger partial charge on any atom is 0.253 e. The Balaban J connectivity index is 1.25. The van der Waals surface area contributed by atoms with Crippen LogP contribution in [0.5, 0.6) is 11.6 Å². The summed E-state index contributed by atoms with van der Waals surface area (Å²) in [5.41, 5.74) is 1.71. The number of amides is 1. The molecule has 0 spiro atoms. The van der Waals surface area contributed by atoms with Gasteiger partial charge in [0.1, 0.15) is 23.1 Å². The van der Waals surface area contributed by atoms with E-state index in [4.69, 9.17) is 4.74 Å². The first-order chi connectivity index (χ1) is 19.0. The topological polar surface area (TPSA) is 115 Å². The van der Waals surface area contributed by atoms with Crippen molar-refractivity contribution in [2.75, 3.05) is 6.61 Å². The third-order valence-electron chi connectivity index (χ3n) is 6.85. The second kappa shape index (κ2) is 10.1. The van der Waals surface area contributed by atoms with E-state index in [-0.39, 0.29) is 23.7 Å². The Bertz CT molecular complexity index is 1660. The average Bonchev–Trinajstić information content (AvgIpc) is 3.35. The third kappa shape index (κ3) is 4.65. The molecule has 3 aromatic heterocycles. The van der Waals surface area contributed by atoms with Crippen molar-refractivity contribution in [3.63, 3.8) is 0 Å². The van der Waals surface area contributed by atoms with E-state index in [1.807, 2.05) is 13.0 Å². The lowest BCUT2D eigenvalue weighted by atomic mass is 9.79. The number of ether oxygens (including phenoxy) is 1. The van der Waals surface area contributed by atoms with Crippen molar-refractivity contribution >= 4 is 16.8 Å². The fourth-order valence-corrected chi connectivity index (χ4v) is 4.89. The van der Waals surface area contributed by atoms with Crippen molar-refractivity contribution < 1.29 is 19.0 Å². The molecule has 1 saturated carbocycles. The number of rotatable bonds is 7. The molecular formula is C29H25FN6O3. The quantitative estimate of drug-likeness (QED) is 0.314. The van der Waals surface area contributed by atoms with Crippen LogP contribution in [0.1, 0.15) is 41.9 Å². The number of aromatic nitrogens is 5. The van der Waals surface area contributed by atoms with Crippen LogP contribution in [0.4, 0.5) is 4.39 Å². The Morgan fingerprint density at radius 2 is 1.92 bits per heavy atom. The number of nitrogens with zero attached hydrogens (tertiary/aromatic N) is 5. The number of para-hydroxylation sites is 2. The van der Waals surface area contributed by atoms with Gasteiger partial charge in [-0.25, -0.2) is 14.4 Å². The number of aromatic hydroxyl groups is 1. The molecule has 0 bridgehead atoms. The van der Waals surface area contributed by atoms with Crippen LogP contribution in [0.3, 0.4) is 0 Å². The van der Waals surface area contributed by atoms with Crippen molar-refractivity contribution in [3.05, 3.63) is 90.1 Å². The molecule has 0 atom stereocenters. The highest BCUT2D eigenvalue weighted by Crippen LogP contribution is 2.39. The van der Waals surface area contributed by atoms with Gasteiger partial charge in [0.2, 0.25) is 5.88 Å². The van der Waals surface area contributed by atoms with Crippen LogP contribution in [0.2, 0.25) is 0 Å². The van der Waals surface area contributed by atoms with E-state index < -0.39 is 5.82 Å². The van der Waals surface area contributed by atoms with Crippen LogP contribution in [0.25, 0.3) is 28.1 Å². The molecule has 1 aliphatic rings. The van der Waals surface area contributed by atoms with Gasteiger partial charge < -0.3 is 15.2 Å². The Morgan fingerprint density at radius 3 is 2.69 bits per heavy atom. The van der Waals surface area contributed by atoms with E-state index >= 15 is 0 Å². The van der Waals surface area contributed by atoms with Crippen LogP contribution in [0, 0.1) is 5.82 Å². The molecule has 1 fully saturated rings. The number of halogens is 1. The summed E-state index contributed by atoms with van der Waals surface area (Å²) >= 11 is 0. The van der Waals surface area contributed by atoms with E-state index in [9.17, 15) is 14.3 Å². The molecule has 2 N–H and O–H groups in total. The molecule has 39 heavy (non-hydrogen) atoms. The number of nitrogens with one attached hydrogen (secondary N) is 1. The Morgan fingerprint density at radius 1 is 1.08 bits per heavy atom. The zero-order valence-corrected chi connectivity index (χ0v) is 21.1. The van der Waals surface area contributed by atoms with Gasteiger partial charge >= 0.3 is 0 Å². The van der Waals surface area contributed by atoms with Crippen molar-refractivity contribution in [3.8, 4) is 28.8 Å². The van der Waals surface area contributed by atoms with Gasteiger partial charge in [0.25, 0.3) is 5.91 Å². The van der Waals surface area contributed by atoms with Gasteiger partial charge in [0.15, 0.2) is 5.82 Å². The van der Waals surface area contributed by atoms with Gasteiger partial charge in [-0.2, -0.15) is 0 Å². The molecule has 0 unspecified atom stereocenters. The van der Waals surface area contributed by atoms with Gasteiger partial charge in [-0.1, -0.05) is 24.3 Å². The van der Waals surface area contributed by atoms with E-state index in [1.165, 1.54) is 12.1 Å². The molecule has 0 radical (unpaired) electrons. The minimum absolute atomic E-state index is 0.0476. The van der Waals surface area contributed by atoms with Gasteiger partial charge in [-0.3, -0.25) is 9.36 Å². The zero-order chi connectivity index (χ0) is 26.9. The summed E-state index contributed by atoms with van der Waals surface area (Å²) in [6, 6.07) is 18.5. The lowest BCUT2D eigenvalue weighted by molar-refractivity contribution is 0.0908. The number of benzene rings is 2. The van der Waals surface area contributed by atoms with E-state index in [0.29, 0.717) is 59.3 Å². The van der Waals surface area contributed by atoms with Crippen LogP contribution >= 0.6 is 0 Å². The predicted molar refractivity (Wildman–Crippen MR) is 142 cm³/mol. The maximum atomic E-state index is 15.0. The zero-order valence-electron chi connectivity index (χ0n) is 21.1. The Hall–Kier alpha value is -4.86. The highest BCUT2D eigenvalue weighted by molar-refractivity contribution is 6.05. The summed E-state index contributed by atoms with van der Waals surface area (Å²) in [4.78, 5) is 21.7. The first-order valence-corrected chi connectivity index (χ1v) is 12.7. The normalized spacial score (nSPS) is 16.6. The summed E-state index contributed by atoms with van der Waals surface area (Å²) in [7, 11) is 0. The monoisotopic (exact) mass is 524 g/mol. The van der Waals surface area contributed by atoms with Crippen molar-refractivity contribution in [2.24, 2.45) is 0 Å². The summed E-state index contributed by atoms with van der Waals surface area (Å²) in [5, 5.41) is 22.4. The third-order valence-corrected chi connectivity index (χ3v) is 6.85. The van der Waals surface area contributed by atoms with Crippen molar-refractivity contribution in [1.82, 2.24) is 30.0 Å². The van der Waals surface area contributed by atoms with Crippen molar-refractivity contribution in [2.45, 2.75) is 31.7 Å². The SMILES string of the molecule is CCOc1ccc(-c2nnc([C@H]3C[C@H](NC(=O)c4cccc5ccc(O)nc45)C3)n2-c2ccccc2F)nc1. The number of carbonyl (C=O) groups excluding carboxylic acids is 1. The number of fused-ring (bicyclic) bond motifs is 1. The van der Waals surface area contributed by atoms with Crippen LogP contribution < -0.4 is 10.1 Å². The highest BCUT2D eigenvalue weighted by atomic mass is 19.1. The van der Waals surface area contributed by atoms with Gasteiger partial charge in [-0.05, 0) is 56.2 Å². The number of pyridine rings is 2. The van der Waals surface area contributed by atoms with Crippen LogP contribution in [-0.4, -0.2) is 48.4 Å². The molecule has 6 rings (SSSR count). The molecule has 196 valence electrons. The first kappa shape index (κ1) is 24.5. The Kier molecular flexibility index (Phi) is 6.36.